The predicted octanol–water partition coefficient (Wildman–Crippen LogP) is 2.78. The third-order valence-electron chi connectivity index (χ3n) is 6.26. The Morgan fingerprint density at radius 1 is 1.23 bits per heavy atom. The van der Waals surface area contributed by atoms with Gasteiger partial charge >= 0.3 is 0 Å². The topological polar surface area (TPSA) is 87.7 Å². The van der Waals surface area contributed by atoms with Gasteiger partial charge in [0.1, 0.15) is 11.2 Å². The maximum absolute atomic E-state index is 13.4. The number of nitrogens with one attached hydrogen (secondary N) is 2. The van der Waals surface area contributed by atoms with Gasteiger partial charge in [0.25, 0.3) is 0 Å². The molecule has 1 spiro atoms. The van der Waals surface area contributed by atoms with E-state index in [-0.39, 0.29) is 17.7 Å². The molecule has 0 saturated carbocycles. The second-order valence-corrected chi connectivity index (χ2v) is 8.07. The molecule has 2 aromatic carbocycles. The van der Waals surface area contributed by atoms with Gasteiger partial charge in [-0.3, -0.25) is 14.4 Å². The average molecular weight is 421 g/mol. The van der Waals surface area contributed by atoms with Crippen LogP contribution < -0.4 is 15.4 Å². The quantitative estimate of drug-likeness (QED) is 0.702. The molecule has 2 aromatic rings. The smallest absolute Gasteiger partial charge is 0.237 e. The van der Waals surface area contributed by atoms with Crippen molar-refractivity contribution in [2.24, 2.45) is 0 Å². The van der Waals surface area contributed by atoms with Gasteiger partial charge in [0.15, 0.2) is 0 Å². The summed E-state index contributed by atoms with van der Waals surface area (Å²) in [5.41, 5.74) is 1.77. The lowest BCUT2D eigenvalue weighted by Crippen LogP contribution is -2.42. The van der Waals surface area contributed by atoms with Gasteiger partial charge in [-0.25, -0.2) is 0 Å². The van der Waals surface area contributed by atoms with Gasteiger partial charge in [0.2, 0.25) is 17.7 Å². The average Bonchev–Trinajstić information content (AvgIpc) is 3.30. The standard InChI is InChI=1S/C24H27N3O4/c1-16(28)25-13-6-11-21(29)27-14-12-24(19-9-3-4-10-20(19)26-23(24)30)22(27)17-7-5-8-18(15-17)31-2/h3-5,7-10,15,22H,6,11-14H2,1-2H3,(H,25,28)(H,26,30). The Bertz CT molecular complexity index is 1020. The van der Waals surface area contributed by atoms with E-state index in [2.05, 4.69) is 10.6 Å². The Kier molecular flexibility index (Phi) is 5.67. The van der Waals surface area contributed by atoms with Crippen LogP contribution in [0.3, 0.4) is 0 Å². The lowest BCUT2D eigenvalue weighted by Gasteiger charge is -2.34. The summed E-state index contributed by atoms with van der Waals surface area (Å²) in [7, 11) is 1.60. The molecule has 1 fully saturated rings. The lowest BCUT2D eigenvalue weighted by molar-refractivity contribution is -0.133. The maximum Gasteiger partial charge on any atom is 0.237 e. The Balaban J connectivity index is 1.71. The molecule has 2 aliphatic heterocycles. The Hall–Kier alpha value is -3.35. The molecule has 1 saturated heterocycles. The van der Waals surface area contributed by atoms with E-state index in [0.717, 1.165) is 16.8 Å². The van der Waals surface area contributed by atoms with Gasteiger partial charge in [-0.2, -0.15) is 0 Å². The normalized spacial score (nSPS) is 21.7. The first-order chi connectivity index (χ1) is 15.0. The highest BCUT2D eigenvalue weighted by Crippen LogP contribution is 2.55. The predicted molar refractivity (Wildman–Crippen MR) is 117 cm³/mol. The summed E-state index contributed by atoms with van der Waals surface area (Å²) in [4.78, 5) is 39.5. The minimum absolute atomic E-state index is 0.0211. The van der Waals surface area contributed by atoms with Crippen molar-refractivity contribution in [2.75, 3.05) is 25.5 Å². The third-order valence-corrected chi connectivity index (χ3v) is 6.26. The number of likely N-dealkylation sites (tertiary alicyclic amines) is 1. The molecule has 2 unspecified atom stereocenters. The second-order valence-electron chi connectivity index (χ2n) is 8.07. The molecule has 7 nitrogen and oxygen atoms in total. The molecule has 0 radical (unpaired) electrons. The van der Waals surface area contributed by atoms with Gasteiger partial charge in [0, 0.05) is 32.1 Å². The van der Waals surface area contributed by atoms with Gasteiger partial charge in [-0.05, 0) is 42.2 Å². The van der Waals surface area contributed by atoms with Crippen LogP contribution in [0.4, 0.5) is 5.69 Å². The highest BCUT2D eigenvalue weighted by molar-refractivity contribution is 6.07. The molecule has 3 amide bonds. The molecule has 0 aromatic heterocycles. The molecule has 0 aliphatic carbocycles. The first kappa shape index (κ1) is 20.9. The third kappa shape index (κ3) is 3.65. The van der Waals surface area contributed by atoms with Crippen LogP contribution in [-0.4, -0.2) is 42.8 Å². The van der Waals surface area contributed by atoms with Crippen molar-refractivity contribution in [3.05, 3.63) is 59.7 Å². The number of hydrogen-bond acceptors (Lipinski definition) is 4. The second kappa shape index (κ2) is 8.41. The number of nitrogens with zero attached hydrogens (tertiary/aromatic N) is 1. The fraction of sp³-hybridized carbons (Fsp3) is 0.375. The number of rotatable bonds is 6. The van der Waals surface area contributed by atoms with Gasteiger partial charge < -0.3 is 20.3 Å². The van der Waals surface area contributed by atoms with Gasteiger partial charge in [0.05, 0.1) is 13.2 Å². The minimum atomic E-state index is -0.837. The van der Waals surface area contributed by atoms with E-state index in [1.165, 1.54) is 6.92 Å². The van der Waals surface area contributed by atoms with Crippen LogP contribution in [0.1, 0.15) is 43.4 Å². The summed E-state index contributed by atoms with van der Waals surface area (Å²) in [6, 6.07) is 14.9. The SMILES string of the molecule is COc1cccc(C2N(C(=O)CCCNC(C)=O)CCC23C(=O)Nc2ccccc23)c1. The van der Waals surface area contributed by atoms with Crippen LogP contribution >= 0.6 is 0 Å². The molecule has 2 N–H and O–H groups in total. The van der Waals surface area contributed by atoms with Crippen LogP contribution in [0.2, 0.25) is 0 Å². The summed E-state index contributed by atoms with van der Waals surface area (Å²) >= 11 is 0. The molecule has 4 rings (SSSR count). The summed E-state index contributed by atoms with van der Waals surface area (Å²) < 4.78 is 5.42. The number of anilines is 1. The first-order valence-corrected chi connectivity index (χ1v) is 10.6. The van der Waals surface area contributed by atoms with Crippen molar-refractivity contribution < 1.29 is 19.1 Å². The van der Waals surface area contributed by atoms with Crippen LogP contribution in [0.25, 0.3) is 0 Å². The Morgan fingerprint density at radius 2 is 2.03 bits per heavy atom. The van der Waals surface area contributed by atoms with E-state index < -0.39 is 11.5 Å². The molecule has 2 heterocycles. The summed E-state index contributed by atoms with van der Waals surface area (Å²) in [5.74, 6) is 0.479. The van der Waals surface area contributed by atoms with E-state index in [0.29, 0.717) is 38.1 Å². The number of carbonyl (C=O) groups is 3. The fourth-order valence-corrected chi connectivity index (χ4v) is 4.88. The maximum atomic E-state index is 13.4. The van der Waals surface area contributed by atoms with Crippen LogP contribution in [0.5, 0.6) is 5.75 Å². The van der Waals surface area contributed by atoms with Crippen LogP contribution in [0.15, 0.2) is 48.5 Å². The summed E-state index contributed by atoms with van der Waals surface area (Å²) in [5, 5.41) is 5.75. The zero-order chi connectivity index (χ0) is 22.0. The Labute approximate surface area is 181 Å². The molecular formula is C24H27N3O4. The Morgan fingerprint density at radius 3 is 2.81 bits per heavy atom. The summed E-state index contributed by atoms with van der Waals surface area (Å²) in [6.07, 6.45) is 1.41. The minimum Gasteiger partial charge on any atom is -0.497 e. The molecule has 162 valence electrons. The number of methoxy groups -OCH3 is 1. The number of ether oxygens (including phenoxy) is 1. The van der Waals surface area contributed by atoms with Gasteiger partial charge in [-0.1, -0.05) is 30.3 Å². The van der Waals surface area contributed by atoms with Crippen molar-refractivity contribution in [1.82, 2.24) is 10.2 Å². The van der Waals surface area contributed by atoms with E-state index in [1.807, 2.05) is 53.4 Å². The van der Waals surface area contributed by atoms with Crippen LogP contribution in [0, 0.1) is 0 Å². The van der Waals surface area contributed by atoms with Crippen molar-refractivity contribution in [1.29, 1.82) is 0 Å². The number of hydrogen-bond donors (Lipinski definition) is 2. The molecule has 2 aliphatic rings. The van der Waals surface area contributed by atoms with E-state index in [1.54, 1.807) is 7.11 Å². The molecular weight excluding hydrogens is 394 g/mol. The molecule has 31 heavy (non-hydrogen) atoms. The zero-order valence-electron chi connectivity index (χ0n) is 17.8. The van der Waals surface area contributed by atoms with Crippen molar-refractivity contribution in [3.63, 3.8) is 0 Å². The first-order valence-electron chi connectivity index (χ1n) is 10.6. The number of carbonyl (C=O) groups excluding carboxylic acids is 3. The molecule has 0 bridgehead atoms. The van der Waals surface area contributed by atoms with E-state index in [9.17, 15) is 14.4 Å². The number of benzene rings is 2. The fourth-order valence-electron chi connectivity index (χ4n) is 4.88. The number of fused-ring (bicyclic) bond motifs is 2. The summed E-state index contributed by atoms with van der Waals surface area (Å²) in [6.45, 7) is 2.40. The molecule has 7 heteroatoms. The lowest BCUT2D eigenvalue weighted by atomic mass is 9.72. The van der Waals surface area contributed by atoms with Crippen molar-refractivity contribution in [3.8, 4) is 5.75 Å². The highest BCUT2D eigenvalue weighted by atomic mass is 16.5. The molecule has 2 atom stereocenters. The monoisotopic (exact) mass is 421 g/mol. The van der Waals surface area contributed by atoms with Crippen molar-refractivity contribution in [2.45, 2.75) is 37.6 Å². The number of amides is 3. The van der Waals surface area contributed by atoms with Crippen molar-refractivity contribution >= 4 is 23.4 Å². The van der Waals surface area contributed by atoms with E-state index in [4.69, 9.17) is 4.74 Å². The zero-order valence-corrected chi connectivity index (χ0v) is 17.8. The highest BCUT2D eigenvalue weighted by Gasteiger charge is 2.59. The van der Waals surface area contributed by atoms with Crippen LogP contribution in [-0.2, 0) is 19.8 Å². The number of para-hydroxylation sites is 1. The van der Waals surface area contributed by atoms with Gasteiger partial charge in [-0.15, -0.1) is 0 Å². The van der Waals surface area contributed by atoms with E-state index >= 15 is 0 Å². The largest absolute Gasteiger partial charge is 0.497 e.